The smallest absolute Gasteiger partial charge is 0.164 e. The number of nitrogens with zero attached hydrogens (tertiary/aromatic N) is 1. The van der Waals surface area contributed by atoms with Gasteiger partial charge in [-0.15, -0.1) is 0 Å². The zero-order valence-corrected chi connectivity index (χ0v) is 11.7. The molecule has 0 aromatic rings. The maximum absolute atomic E-state index is 13.6. The van der Waals surface area contributed by atoms with Gasteiger partial charge in [0, 0.05) is 17.6 Å². The minimum atomic E-state index is -0.459. The second kappa shape index (κ2) is 6.21. The highest BCUT2D eigenvalue weighted by Crippen LogP contribution is 2.21. The molecule has 0 radical (unpaired) electrons. The van der Waals surface area contributed by atoms with Crippen LogP contribution in [0.15, 0.2) is 34.9 Å². The molecule has 0 bridgehead atoms. The number of nitrogens with two attached hydrogens (primary N) is 1. The van der Waals surface area contributed by atoms with E-state index in [1.54, 1.807) is 4.90 Å². The van der Waals surface area contributed by atoms with Crippen molar-refractivity contribution in [1.29, 1.82) is 0 Å². The molecule has 0 aliphatic carbocycles. The summed E-state index contributed by atoms with van der Waals surface area (Å²) in [4.78, 5) is 1.75. The van der Waals surface area contributed by atoms with Gasteiger partial charge < -0.3 is 15.4 Å². The minimum Gasteiger partial charge on any atom is -0.383 e. The summed E-state index contributed by atoms with van der Waals surface area (Å²) in [5.74, 6) is -0.313. The van der Waals surface area contributed by atoms with Crippen LogP contribution in [0.25, 0.3) is 0 Å². The molecule has 0 atom stereocenters. The predicted molar refractivity (Wildman–Crippen MR) is 71.1 cm³/mol. The summed E-state index contributed by atoms with van der Waals surface area (Å²) < 4.78 is 19.7. The first-order valence-electron chi connectivity index (χ1n) is 5.49. The average molecular weight is 305 g/mol. The van der Waals surface area contributed by atoms with Gasteiger partial charge in [0.25, 0.3) is 0 Å². The van der Waals surface area contributed by atoms with Crippen LogP contribution < -0.4 is 5.73 Å². The molecule has 3 nitrogen and oxygen atoms in total. The lowest BCUT2D eigenvalue weighted by molar-refractivity contribution is -0.0694. The Balaban J connectivity index is 2.53. The molecule has 96 valence electrons. The molecule has 1 rings (SSSR count). The lowest BCUT2D eigenvalue weighted by Crippen LogP contribution is -2.53. The monoisotopic (exact) mass is 304 g/mol. The number of hydrogen-bond acceptors (Lipinski definition) is 3. The van der Waals surface area contributed by atoms with Crippen molar-refractivity contribution in [2.24, 2.45) is 5.73 Å². The summed E-state index contributed by atoms with van der Waals surface area (Å²) in [5.41, 5.74) is 5.69. The summed E-state index contributed by atoms with van der Waals surface area (Å²) in [6.07, 6.45) is 3.15. The number of rotatable bonds is 5. The van der Waals surface area contributed by atoms with Gasteiger partial charge in [0.05, 0.1) is 12.2 Å². The third-order valence-corrected chi connectivity index (χ3v) is 2.91. The van der Waals surface area contributed by atoms with Crippen LogP contribution in [0.2, 0.25) is 0 Å². The Bertz CT molecular complexity index is 346. The topological polar surface area (TPSA) is 38.5 Å². The van der Waals surface area contributed by atoms with Crippen molar-refractivity contribution in [3.05, 3.63) is 34.9 Å². The van der Waals surface area contributed by atoms with Gasteiger partial charge in [0.1, 0.15) is 5.82 Å². The van der Waals surface area contributed by atoms with E-state index in [2.05, 4.69) is 22.5 Å². The van der Waals surface area contributed by atoms with Crippen LogP contribution in [0.4, 0.5) is 4.39 Å². The first-order chi connectivity index (χ1) is 7.93. The van der Waals surface area contributed by atoms with Crippen LogP contribution in [0.1, 0.15) is 13.8 Å². The predicted octanol–water partition coefficient (Wildman–Crippen LogP) is 2.66. The summed E-state index contributed by atoms with van der Waals surface area (Å²) in [6, 6.07) is 0. The zero-order valence-electron chi connectivity index (χ0n) is 10.1. The van der Waals surface area contributed by atoms with Gasteiger partial charge in [0.2, 0.25) is 0 Å². The third-order valence-electron chi connectivity index (χ3n) is 2.36. The number of allylic oxidation sites excluding steroid dienone is 4. The molecule has 1 saturated heterocycles. The number of likely N-dealkylation sites (tertiary alicyclic amines) is 1. The van der Waals surface area contributed by atoms with Crippen molar-refractivity contribution in [2.45, 2.75) is 26.1 Å². The van der Waals surface area contributed by atoms with Gasteiger partial charge in [-0.1, -0.05) is 28.6 Å². The third kappa shape index (κ3) is 4.16. The fraction of sp³-hybridized carbons (Fsp3) is 0.500. The second-order valence-corrected chi connectivity index (χ2v) is 5.09. The van der Waals surface area contributed by atoms with Gasteiger partial charge in [0.15, 0.2) is 5.83 Å². The first-order valence-corrected chi connectivity index (χ1v) is 6.28. The normalized spacial score (nSPS) is 19.1. The van der Waals surface area contributed by atoms with Gasteiger partial charge in [-0.2, -0.15) is 0 Å². The quantitative estimate of drug-likeness (QED) is 0.794. The fourth-order valence-corrected chi connectivity index (χ4v) is 1.71. The Morgan fingerprint density at radius 2 is 2.18 bits per heavy atom. The molecule has 0 aromatic carbocycles. The maximum atomic E-state index is 13.6. The standard InChI is InChI=1S/C12H18BrFN2O/c1-4-9(13)5-11(14)12(15)16-6-10(7-16)17-8(2)3/h4-5,8,10H,1,6-7,15H2,2-3H3/b9-5+,12-11-. The van der Waals surface area contributed by atoms with Crippen molar-refractivity contribution in [3.63, 3.8) is 0 Å². The first kappa shape index (κ1) is 14.3. The van der Waals surface area contributed by atoms with Crippen molar-refractivity contribution < 1.29 is 9.13 Å². The van der Waals surface area contributed by atoms with E-state index in [1.165, 1.54) is 12.2 Å². The van der Waals surface area contributed by atoms with E-state index >= 15 is 0 Å². The number of hydrogen-bond donors (Lipinski definition) is 1. The molecular weight excluding hydrogens is 287 g/mol. The highest BCUT2D eigenvalue weighted by Gasteiger charge is 2.30. The molecule has 1 fully saturated rings. The van der Waals surface area contributed by atoms with E-state index in [4.69, 9.17) is 10.5 Å². The van der Waals surface area contributed by atoms with Crippen molar-refractivity contribution in [2.75, 3.05) is 13.1 Å². The number of ether oxygens (including phenoxy) is 1. The van der Waals surface area contributed by atoms with Crippen LogP contribution in [0.3, 0.4) is 0 Å². The molecule has 0 aromatic heterocycles. The fourth-order valence-electron chi connectivity index (χ4n) is 1.51. The van der Waals surface area contributed by atoms with E-state index in [9.17, 15) is 4.39 Å². The molecular formula is C12H18BrFN2O. The van der Waals surface area contributed by atoms with Gasteiger partial charge in [-0.3, -0.25) is 0 Å². The van der Waals surface area contributed by atoms with Crippen molar-refractivity contribution in [3.8, 4) is 0 Å². The Hall–Kier alpha value is -0.810. The largest absolute Gasteiger partial charge is 0.383 e. The molecule has 0 unspecified atom stereocenters. The number of halogens is 2. The molecule has 1 heterocycles. The van der Waals surface area contributed by atoms with E-state index in [1.807, 2.05) is 13.8 Å². The van der Waals surface area contributed by atoms with Crippen LogP contribution in [-0.2, 0) is 4.74 Å². The molecule has 1 aliphatic heterocycles. The molecule has 0 amide bonds. The zero-order chi connectivity index (χ0) is 13.0. The molecule has 1 aliphatic rings. The molecule has 5 heteroatoms. The van der Waals surface area contributed by atoms with Crippen LogP contribution in [-0.4, -0.2) is 30.2 Å². The van der Waals surface area contributed by atoms with E-state index in [0.29, 0.717) is 17.6 Å². The van der Waals surface area contributed by atoms with Gasteiger partial charge >= 0.3 is 0 Å². The maximum Gasteiger partial charge on any atom is 0.164 e. The molecule has 0 spiro atoms. The lowest BCUT2D eigenvalue weighted by atomic mass is 10.1. The van der Waals surface area contributed by atoms with Crippen molar-refractivity contribution in [1.82, 2.24) is 4.90 Å². The summed E-state index contributed by atoms with van der Waals surface area (Å²) in [6.45, 7) is 8.75. The van der Waals surface area contributed by atoms with Gasteiger partial charge in [-0.05, 0) is 19.9 Å². The molecule has 2 N–H and O–H groups in total. The van der Waals surface area contributed by atoms with Crippen LogP contribution >= 0.6 is 15.9 Å². The average Bonchev–Trinajstić information content (AvgIpc) is 2.21. The highest BCUT2D eigenvalue weighted by atomic mass is 79.9. The lowest BCUT2D eigenvalue weighted by Gasteiger charge is -2.41. The minimum absolute atomic E-state index is 0.146. The Kier molecular flexibility index (Phi) is 5.21. The van der Waals surface area contributed by atoms with E-state index in [-0.39, 0.29) is 18.0 Å². The Morgan fingerprint density at radius 1 is 1.59 bits per heavy atom. The van der Waals surface area contributed by atoms with Gasteiger partial charge in [-0.25, -0.2) is 4.39 Å². The Labute approximate surface area is 110 Å². The molecule has 0 saturated carbocycles. The summed E-state index contributed by atoms with van der Waals surface area (Å²) >= 11 is 3.15. The SMILES string of the molecule is C=C/C(Br)=C\C(F)=C(/N)N1CC(OC(C)C)C1. The van der Waals surface area contributed by atoms with E-state index < -0.39 is 5.83 Å². The van der Waals surface area contributed by atoms with Crippen LogP contribution in [0.5, 0.6) is 0 Å². The Morgan fingerprint density at radius 3 is 2.65 bits per heavy atom. The second-order valence-electron chi connectivity index (χ2n) is 4.18. The van der Waals surface area contributed by atoms with Crippen LogP contribution in [0, 0.1) is 0 Å². The summed E-state index contributed by atoms with van der Waals surface area (Å²) in [5, 5.41) is 0. The van der Waals surface area contributed by atoms with E-state index in [0.717, 1.165) is 0 Å². The highest BCUT2D eigenvalue weighted by molar-refractivity contribution is 9.11. The van der Waals surface area contributed by atoms with Crippen molar-refractivity contribution >= 4 is 15.9 Å². The molecule has 17 heavy (non-hydrogen) atoms. The summed E-state index contributed by atoms with van der Waals surface area (Å²) in [7, 11) is 0.